The van der Waals surface area contributed by atoms with Gasteiger partial charge in [0.25, 0.3) is 5.91 Å². The van der Waals surface area contributed by atoms with Gasteiger partial charge in [-0.2, -0.15) is 5.06 Å². The normalized spacial score (nSPS) is 20.4. The number of benzene rings is 3. The molecule has 192 valence electrons. The lowest BCUT2D eigenvalue weighted by Crippen LogP contribution is -2.57. The molecular formula is C29H24N2O7. The molecule has 0 radical (unpaired) electrons. The topological polar surface area (TPSA) is 111 Å². The Kier molecular flexibility index (Phi) is 7.01. The molecule has 9 nitrogen and oxygen atoms in total. The van der Waals surface area contributed by atoms with Crippen LogP contribution in [0.1, 0.15) is 22.8 Å². The van der Waals surface area contributed by atoms with Crippen molar-refractivity contribution in [2.24, 2.45) is 0 Å². The van der Waals surface area contributed by atoms with Gasteiger partial charge in [0.2, 0.25) is 5.91 Å². The van der Waals surface area contributed by atoms with Crippen LogP contribution in [0.4, 0.5) is 0 Å². The molecule has 38 heavy (non-hydrogen) atoms. The highest BCUT2D eigenvalue weighted by Crippen LogP contribution is 2.34. The van der Waals surface area contributed by atoms with Crippen molar-refractivity contribution in [2.45, 2.75) is 24.3 Å². The van der Waals surface area contributed by atoms with E-state index in [-0.39, 0.29) is 13.0 Å². The van der Waals surface area contributed by atoms with Crippen LogP contribution in [0, 0.1) is 0 Å². The molecule has 2 aliphatic heterocycles. The molecule has 0 spiro atoms. The molecule has 1 unspecified atom stereocenters. The van der Waals surface area contributed by atoms with Crippen LogP contribution in [0.3, 0.4) is 0 Å². The number of rotatable bonds is 8. The minimum Gasteiger partial charge on any atom is -0.448 e. The Hall–Kier alpha value is -4.76. The number of nitrogens with one attached hydrogen (secondary N) is 1. The SMILES string of the molecule is O=C(Cc1ccccc1)N[C@H]1CON(C2(C(=O)OC(c3ccccc3)c3ccccc3)C=CC(=O)O2)C1=O. The highest BCUT2D eigenvalue weighted by Gasteiger charge is 2.58. The summed E-state index contributed by atoms with van der Waals surface area (Å²) in [5.74, 6) is -3.02. The number of hydrogen-bond acceptors (Lipinski definition) is 7. The lowest BCUT2D eigenvalue weighted by Gasteiger charge is -2.33. The van der Waals surface area contributed by atoms with Crippen molar-refractivity contribution in [2.75, 3.05) is 6.61 Å². The van der Waals surface area contributed by atoms with Crippen LogP contribution in [0.5, 0.6) is 0 Å². The number of carbonyl (C=O) groups is 4. The van der Waals surface area contributed by atoms with E-state index in [2.05, 4.69) is 5.32 Å². The van der Waals surface area contributed by atoms with Gasteiger partial charge in [-0.25, -0.2) is 9.59 Å². The van der Waals surface area contributed by atoms with Gasteiger partial charge in [-0.1, -0.05) is 91.0 Å². The Morgan fingerprint density at radius 2 is 1.50 bits per heavy atom. The van der Waals surface area contributed by atoms with Crippen molar-refractivity contribution in [1.82, 2.24) is 10.4 Å². The zero-order valence-electron chi connectivity index (χ0n) is 20.2. The number of ether oxygens (including phenoxy) is 2. The molecule has 0 bridgehead atoms. The van der Waals surface area contributed by atoms with Crippen molar-refractivity contribution in [3.8, 4) is 0 Å². The molecule has 0 aliphatic carbocycles. The van der Waals surface area contributed by atoms with Crippen molar-refractivity contribution in [1.29, 1.82) is 0 Å². The maximum atomic E-state index is 13.7. The van der Waals surface area contributed by atoms with Crippen molar-refractivity contribution in [3.05, 3.63) is 120 Å². The Labute approximate surface area is 218 Å². The van der Waals surface area contributed by atoms with E-state index in [1.807, 2.05) is 30.3 Å². The number of carbonyl (C=O) groups excluding carboxylic acids is 4. The van der Waals surface area contributed by atoms with Gasteiger partial charge in [-0.05, 0) is 16.7 Å². The average Bonchev–Trinajstić information content (AvgIpc) is 3.51. The number of amides is 2. The van der Waals surface area contributed by atoms with Crippen LogP contribution >= 0.6 is 0 Å². The zero-order valence-corrected chi connectivity index (χ0v) is 20.2. The van der Waals surface area contributed by atoms with Gasteiger partial charge in [0, 0.05) is 12.2 Å². The molecule has 2 aliphatic rings. The molecular weight excluding hydrogens is 488 g/mol. The molecule has 3 aromatic rings. The van der Waals surface area contributed by atoms with Crippen LogP contribution in [0.15, 0.2) is 103 Å². The second-order valence-corrected chi connectivity index (χ2v) is 8.77. The van der Waals surface area contributed by atoms with E-state index in [1.54, 1.807) is 60.7 Å². The second kappa shape index (κ2) is 10.7. The summed E-state index contributed by atoms with van der Waals surface area (Å²) in [5.41, 5.74) is -0.159. The number of nitrogens with zero attached hydrogens (tertiary/aromatic N) is 1. The van der Waals surface area contributed by atoms with Gasteiger partial charge in [0.15, 0.2) is 6.10 Å². The van der Waals surface area contributed by atoms with Crippen LogP contribution < -0.4 is 5.32 Å². The van der Waals surface area contributed by atoms with Gasteiger partial charge in [-0.3, -0.25) is 14.4 Å². The number of esters is 2. The van der Waals surface area contributed by atoms with Gasteiger partial charge < -0.3 is 14.8 Å². The number of hydroxylamine groups is 2. The van der Waals surface area contributed by atoms with Crippen LogP contribution in [0.2, 0.25) is 0 Å². The lowest BCUT2D eigenvalue weighted by molar-refractivity contribution is -0.250. The zero-order chi connectivity index (χ0) is 26.5. The molecule has 0 aromatic heterocycles. The van der Waals surface area contributed by atoms with Crippen LogP contribution in [-0.2, 0) is 39.9 Å². The van der Waals surface area contributed by atoms with Crippen LogP contribution in [0.25, 0.3) is 0 Å². The predicted octanol–water partition coefficient (Wildman–Crippen LogP) is 2.63. The molecule has 2 amide bonds. The minimum absolute atomic E-state index is 0.0581. The van der Waals surface area contributed by atoms with Crippen molar-refractivity contribution >= 4 is 23.8 Å². The highest BCUT2D eigenvalue weighted by atomic mass is 16.8. The first-order valence-corrected chi connectivity index (χ1v) is 12.0. The smallest absolute Gasteiger partial charge is 0.380 e. The van der Waals surface area contributed by atoms with Gasteiger partial charge in [-0.15, -0.1) is 0 Å². The van der Waals surface area contributed by atoms with E-state index in [9.17, 15) is 19.2 Å². The molecule has 2 atom stereocenters. The first-order chi connectivity index (χ1) is 18.5. The van der Waals surface area contributed by atoms with Crippen molar-refractivity contribution < 1.29 is 33.5 Å². The first kappa shape index (κ1) is 24.9. The quantitative estimate of drug-likeness (QED) is 0.462. The molecule has 1 fully saturated rings. The van der Waals surface area contributed by atoms with E-state index < -0.39 is 41.6 Å². The summed E-state index contributed by atoms with van der Waals surface area (Å²) in [6.45, 7) is -0.249. The maximum absolute atomic E-state index is 13.7. The molecule has 3 aromatic carbocycles. The minimum atomic E-state index is -2.28. The summed E-state index contributed by atoms with van der Waals surface area (Å²) < 4.78 is 11.2. The molecule has 5 rings (SSSR count). The van der Waals surface area contributed by atoms with E-state index in [4.69, 9.17) is 14.3 Å². The van der Waals surface area contributed by atoms with Crippen molar-refractivity contribution in [3.63, 3.8) is 0 Å². The average molecular weight is 513 g/mol. The van der Waals surface area contributed by atoms with E-state index >= 15 is 0 Å². The van der Waals surface area contributed by atoms with E-state index in [0.717, 1.165) is 17.7 Å². The number of hydrogen-bond donors (Lipinski definition) is 1. The van der Waals surface area contributed by atoms with Gasteiger partial charge in [0.1, 0.15) is 12.6 Å². The molecule has 9 heteroatoms. The molecule has 0 saturated carbocycles. The summed E-state index contributed by atoms with van der Waals surface area (Å²) in [5, 5.41) is 3.28. The number of cyclic esters (lactones) is 1. The fourth-order valence-corrected chi connectivity index (χ4v) is 4.29. The highest BCUT2D eigenvalue weighted by molar-refractivity contribution is 5.98. The Morgan fingerprint density at radius 3 is 2.05 bits per heavy atom. The lowest BCUT2D eigenvalue weighted by atomic mass is 10.0. The Morgan fingerprint density at radius 1 is 0.921 bits per heavy atom. The fourth-order valence-electron chi connectivity index (χ4n) is 4.29. The Balaban J connectivity index is 1.36. The van der Waals surface area contributed by atoms with E-state index in [1.165, 1.54) is 0 Å². The molecule has 2 heterocycles. The third-order valence-electron chi connectivity index (χ3n) is 6.14. The standard InChI is InChI=1S/C29H24N2O7/c32-24(18-20-10-4-1-5-11-20)30-23-19-36-31(27(23)34)29(17-16-25(33)38-29)28(35)37-26(21-12-6-2-7-13-21)22-14-8-3-9-15-22/h1-17,23,26H,18-19H2,(H,30,32)/t23-,29?/m0/s1. The predicted molar refractivity (Wildman–Crippen MR) is 134 cm³/mol. The Bertz CT molecular complexity index is 1320. The van der Waals surface area contributed by atoms with E-state index in [0.29, 0.717) is 16.2 Å². The monoisotopic (exact) mass is 512 g/mol. The summed E-state index contributed by atoms with van der Waals surface area (Å²) in [4.78, 5) is 57.1. The second-order valence-electron chi connectivity index (χ2n) is 8.77. The summed E-state index contributed by atoms with van der Waals surface area (Å²) >= 11 is 0. The third kappa shape index (κ3) is 5.05. The molecule has 1 N–H and O–H groups in total. The fraction of sp³-hybridized carbons (Fsp3) is 0.172. The summed E-state index contributed by atoms with van der Waals surface area (Å²) in [6, 6.07) is 26.0. The molecule has 1 saturated heterocycles. The largest absolute Gasteiger partial charge is 0.448 e. The third-order valence-corrected chi connectivity index (χ3v) is 6.14. The maximum Gasteiger partial charge on any atom is 0.380 e. The van der Waals surface area contributed by atoms with Gasteiger partial charge in [0.05, 0.1) is 6.42 Å². The van der Waals surface area contributed by atoms with Gasteiger partial charge >= 0.3 is 17.7 Å². The summed E-state index contributed by atoms with van der Waals surface area (Å²) in [6.07, 6.45) is 1.35. The summed E-state index contributed by atoms with van der Waals surface area (Å²) in [7, 11) is 0. The first-order valence-electron chi connectivity index (χ1n) is 12.0. The van der Waals surface area contributed by atoms with Crippen LogP contribution in [-0.4, -0.2) is 47.2 Å².